The molecule has 0 aromatic heterocycles. The topological polar surface area (TPSA) is 12.0 Å². The van der Waals surface area contributed by atoms with Gasteiger partial charge in [0.05, 0.1) is 0 Å². The zero-order chi connectivity index (χ0) is 8.04. The lowest BCUT2D eigenvalue weighted by atomic mass is 9.90. The second kappa shape index (κ2) is 5.35. The summed E-state index contributed by atoms with van der Waals surface area (Å²) >= 11 is 2.20. The Morgan fingerprint density at radius 3 is 2.20 bits per heavy atom. The van der Waals surface area contributed by atoms with Crippen LogP contribution in [0.25, 0.3) is 0 Å². The molecule has 62 valence electrons. The highest BCUT2D eigenvalue weighted by molar-refractivity contribution is 14.1. The third-order valence-corrected chi connectivity index (χ3v) is 1.99. The molecule has 0 aromatic rings. The quantitative estimate of drug-likeness (QED) is 0.462. The first-order valence-electron chi connectivity index (χ1n) is 3.90. The first kappa shape index (κ1) is 10.7. The number of halogens is 1. The van der Waals surface area contributed by atoms with Crippen molar-refractivity contribution in [2.24, 2.45) is 5.41 Å². The standard InChI is InChI=1S/C8H18IN/c1-8(2,3)6-4-5-7-10-9/h10H,4-7H2,1-3H3. The van der Waals surface area contributed by atoms with Crippen molar-refractivity contribution < 1.29 is 0 Å². The third kappa shape index (κ3) is 8.69. The van der Waals surface area contributed by atoms with Gasteiger partial charge < -0.3 is 0 Å². The summed E-state index contributed by atoms with van der Waals surface area (Å²) in [6.45, 7) is 8.04. The summed E-state index contributed by atoms with van der Waals surface area (Å²) in [5.74, 6) is 0. The fourth-order valence-corrected chi connectivity index (χ4v) is 1.23. The van der Waals surface area contributed by atoms with E-state index < -0.39 is 0 Å². The molecule has 0 aliphatic carbocycles. The molecule has 10 heavy (non-hydrogen) atoms. The highest BCUT2D eigenvalue weighted by Gasteiger charge is 2.08. The minimum Gasteiger partial charge on any atom is -0.261 e. The van der Waals surface area contributed by atoms with Crippen LogP contribution in [-0.4, -0.2) is 6.54 Å². The smallest absolute Gasteiger partial charge is 0.0169 e. The van der Waals surface area contributed by atoms with Crippen molar-refractivity contribution in [2.45, 2.75) is 40.0 Å². The van der Waals surface area contributed by atoms with E-state index in [0.29, 0.717) is 5.41 Å². The van der Waals surface area contributed by atoms with Gasteiger partial charge in [-0.05, 0) is 18.3 Å². The highest BCUT2D eigenvalue weighted by atomic mass is 127. The van der Waals surface area contributed by atoms with Crippen LogP contribution in [0.15, 0.2) is 0 Å². The summed E-state index contributed by atoms with van der Waals surface area (Å²) < 4.78 is 3.12. The van der Waals surface area contributed by atoms with Crippen molar-refractivity contribution in [3.63, 3.8) is 0 Å². The van der Waals surface area contributed by atoms with Gasteiger partial charge in [0.1, 0.15) is 0 Å². The molecule has 2 heteroatoms. The summed E-state index contributed by atoms with van der Waals surface area (Å²) in [5.41, 5.74) is 0.519. The number of hydrogen-bond acceptors (Lipinski definition) is 1. The number of hydrogen-bond donors (Lipinski definition) is 1. The SMILES string of the molecule is CC(C)(C)CCCCNI. The van der Waals surface area contributed by atoms with E-state index in [1.54, 1.807) is 0 Å². The van der Waals surface area contributed by atoms with Crippen molar-refractivity contribution >= 4 is 22.9 Å². The fraction of sp³-hybridized carbons (Fsp3) is 1.00. The van der Waals surface area contributed by atoms with Gasteiger partial charge in [0.15, 0.2) is 0 Å². The van der Waals surface area contributed by atoms with Crippen molar-refractivity contribution in [3.05, 3.63) is 0 Å². The maximum absolute atomic E-state index is 3.12. The van der Waals surface area contributed by atoms with E-state index in [-0.39, 0.29) is 0 Å². The van der Waals surface area contributed by atoms with Crippen molar-refractivity contribution in [1.82, 2.24) is 3.53 Å². The second-order valence-electron chi connectivity index (χ2n) is 3.90. The van der Waals surface area contributed by atoms with E-state index in [2.05, 4.69) is 47.2 Å². The molecule has 0 unspecified atom stereocenters. The van der Waals surface area contributed by atoms with Gasteiger partial charge in [-0.1, -0.05) is 27.2 Å². The molecule has 0 radical (unpaired) electrons. The molecule has 0 aliphatic heterocycles. The van der Waals surface area contributed by atoms with Crippen LogP contribution in [0.2, 0.25) is 0 Å². The Bertz CT molecular complexity index is 75.8. The third-order valence-electron chi connectivity index (χ3n) is 1.45. The van der Waals surface area contributed by atoms with Crippen LogP contribution in [0.5, 0.6) is 0 Å². The van der Waals surface area contributed by atoms with Gasteiger partial charge in [-0.25, -0.2) is 0 Å². The largest absolute Gasteiger partial charge is 0.261 e. The van der Waals surface area contributed by atoms with E-state index >= 15 is 0 Å². The molecule has 0 rings (SSSR count). The van der Waals surface area contributed by atoms with E-state index in [1.165, 1.54) is 19.3 Å². The first-order valence-corrected chi connectivity index (χ1v) is 4.97. The number of rotatable bonds is 4. The molecule has 0 heterocycles. The maximum Gasteiger partial charge on any atom is 0.0169 e. The predicted molar refractivity (Wildman–Crippen MR) is 55.3 cm³/mol. The van der Waals surface area contributed by atoms with E-state index in [0.717, 1.165) is 6.54 Å². The van der Waals surface area contributed by atoms with Crippen molar-refractivity contribution in [2.75, 3.05) is 6.54 Å². The summed E-state index contributed by atoms with van der Waals surface area (Å²) in [4.78, 5) is 0. The zero-order valence-electron chi connectivity index (χ0n) is 7.21. The summed E-state index contributed by atoms with van der Waals surface area (Å²) in [6, 6.07) is 0. The fourth-order valence-electron chi connectivity index (χ4n) is 0.847. The van der Waals surface area contributed by atoms with Crippen molar-refractivity contribution in [3.8, 4) is 0 Å². The summed E-state index contributed by atoms with van der Waals surface area (Å²) in [5, 5.41) is 0. The Morgan fingerprint density at radius 1 is 1.20 bits per heavy atom. The van der Waals surface area contributed by atoms with Crippen LogP contribution in [-0.2, 0) is 0 Å². The Balaban J connectivity index is 3.04. The van der Waals surface area contributed by atoms with Gasteiger partial charge in [-0.3, -0.25) is 3.53 Å². The molecule has 0 fully saturated rings. The number of nitrogens with one attached hydrogen (secondary N) is 1. The average molecular weight is 255 g/mol. The molecule has 0 aliphatic rings. The molecule has 0 amide bonds. The predicted octanol–water partition coefficient (Wildman–Crippen LogP) is 3.14. The highest BCUT2D eigenvalue weighted by Crippen LogP contribution is 2.21. The minimum absolute atomic E-state index is 0.519. The lowest BCUT2D eigenvalue weighted by Gasteiger charge is -2.17. The Hall–Kier alpha value is 0.690. The van der Waals surface area contributed by atoms with Crippen LogP contribution in [0.3, 0.4) is 0 Å². The van der Waals surface area contributed by atoms with Gasteiger partial charge >= 0.3 is 0 Å². The van der Waals surface area contributed by atoms with Crippen molar-refractivity contribution in [1.29, 1.82) is 0 Å². The van der Waals surface area contributed by atoms with Crippen LogP contribution >= 0.6 is 22.9 Å². The zero-order valence-corrected chi connectivity index (χ0v) is 9.36. The Kier molecular flexibility index (Phi) is 5.72. The van der Waals surface area contributed by atoms with Gasteiger partial charge in [0.2, 0.25) is 0 Å². The Labute approximate surface area is 78.5 Å². The van der Waals surface area contributed by atoms with Crippen LogP contribution in [0.1, 0.15) is 40.0 Å². The first-order chi connectivity index (χ1) is 4.56. The molecule has 1 nitrogen and oxygen atoms in total. The second-order valence-corrected chi connectivity index (χ2v) is 4.66. The van der Waals surface area contributed by atoms with E-state index in [1.807, 2.05) is 0 Å². The van der Waals surface area contributed by atoms with Gasteiger partial charge in [-0.2, -0.15) is 0 Å². The number of unbranched alkanes of at least 4 members (excludes halogenated alkanes) is 1. The normalized spacial score (nSPS) is 12.0. The molecule has 0 saturated heterocycles. The van der Waals surface area contributed by atoms with Gasteiger partial charge in [0.25, 0.3) is 0 Å². The molecular formula is C8H18IN. The molecule has 0 spiro atoms. The molecule has 0 bridgehead atoms. The maximum atomic E-state index is 3.12. The molecular weight excluding hydrogens is 237 g/mol. The monoisotopic (exact) mass is 255 g/mol. The summed E-state index contributed by atoms with van der Waals surface area (Å²) in [6.07, 6.45) is 3.99. The lowest BCUT2D eigenvalue weighted by molar-refractivity contribution is 0.361. The Morgan fingerprint density at radius 2 is 1.80 bits per heavy atom. The van der Waals surface area contributed by atoms with Crippen LogP contribution < -0.4 is 3.53 Å². The molecule has 0 saturated carbocycles. The van der Waals surface area contributed by atoms with E-state index in [4.69, 9.17) is 0 Å². The molecule has 0 atom stereocenters. The minimum atomic E-state index is 0.519. The van der Waals surface area contributed by atoms with E-state index in [9.17, 15) is 0 Å². The molecule has 1 N–H and O–H groups in total. The van der Waals surface area contributed by atoms with Gasteiger partial charge in [-0.15, -0.1) is 0 Å². The van der Waals surface area contributed by atoms with Crippen LogP contribution in [0.4, 0.5) is 0 Å². The average Bonchev–Trinajstić information content (AvgIpc) is 1.78. The van der Waals surface area contributed by atoms with Crippen LogP contribution in [0, 0.1) is 5.41 Å². The lowest BCUT2D eigenvalue weighted by Crippen LogP contribution is -2.06. The molecule has 0 aromatic carbocycles. The summed E-state index contributed by atoms with van der Waals surface area (Å²) in [7, 11) is 0. The van der Waals surface area contributed by atoms with Gasteiger partial charge in [0, 0.05) is 29.4 Å².